The molecule has 1 N–H and O–H groups in total. The molecule has 0 aromatic carbocycles. The first-order chi connectivity index (χ1) is 13.2. The van der Waals surface area contributed by atoms with E-state index in [1.807, 2.05) is 25.1 Å². The summed E-state index contributed by atoms with van der Waals surface area (Å²) in [7, 11) is 0. The van der Waals surface area contributed by atoms with E-state index in [-0.39, 0.29) is 11.9 Å². The van der Waals surface area contributed by atoms with Gasteiger partial charge in [0, 0.05) is 25.3 Å². The fraction of sp³-hybridized carbons (Fsp3) is 0.524. The van der Waals surface area contributed by atoms with Gasteiger partial charge in [0.05, 0.1) is 19.3 Å². The van der Waals surface area contributed by atoms with Gasteiger partial charge < -0.3 is 14.5 Å². The van der Waals surface area contributed by atoms with Crippen molar-refractivity contribution in [3.8, 4) is 0 Å². The quantitative estimate of drug-likeness (QED) is 0.878. The number of hydrogen-bond donors (Lipinski definition) is 1. The monoisotopic (exact) mass is 369 g/mol. The van der Waals surface area contributed by atoms with E-state index < -0.39 is 0 Å². The number of rotatable bonds is 5. The lowest BCUT2D eigenvalue weighted by molar-refractivity contribution is 0.0117. The van der Waals surface area contributed by atoms with Crippen LogP contribution in [0.15, 0.2) is 28.7 Å². The van der Waals surface area contributed by atoms with Crippen molar-refractivity contribution in [1.29, 1.82) is 0 Å². The Morgan fingerprint density at radius 1 is 1.19 bits per heavy atom. The third-order valence-electron chi connectivity index (χ3n) is 5.44. The van der Waals surface area contributed by atoms with Crippen LogP contribution in [0, 0.1) is 6.92 Å². The molecule has 1 atom stereocenters. The number of pyridine rings is 1. The Kier molecular flexibility index (Phi) is 5.55. The normalized spacial score (nSPS) is 18.7. The minimum absolute atomic E-state index is 0.00387. The molecule has 2 aromatic rings. The van der Waals surface area contributed by atoms with Crippen LogP contribution in [0.2, 0.25) is 0 Å². The van der Waals surface area contributed by atoms with E-state index in [2.05, 4.69) is 21.3 Å². The SMILES string of the molecule is Cc1ccc([C@H](CNC(=O)c2ccc3c(n2)CCCC3)N2CCOCC2)o1. The Morgan fingerprint density at radius 2 is 2.00 bits per heavy atom. The number of morpholine rings is 1. The van der Waals surface area contributed by atoms with E-state index in [1.165, 1.54) is 12.0 Å². The molecule has 1 aliphatic heterocycles. The molecule has 0 saturated carbocycles. The number of hydrogen-bond acceptors (Lipinski definition) is 5. The standard InChI is InChI=1S/C21H27N3O3/c1-15-6-9-20(27-15)19(24-10-12-26-13-11-24)14-22-21(25)18-8-7-16-4-2-3-5-17(16)23-18/h6-9,19H,2-5,10-14H2,1H3,(H,22,25)/t19-/m0/s1. The highest BCUT2D eigenvalue weighted by Crippen LogP contribution is 2.24. The van der Waals surface area contributed by atoms with Gasteiger partial charge >= 0.3 is 0 Å². The number of amides is 1. The zero-order valence-electron chi connectivity index (χ0n) is 15.9. The summed E-state index contributed by atoms with van der Waals surface area (Å²) in [6.07, 6.45) is 4.41. The maximum Gasteiger partial charge on any atom is 0.269 e. The van der Waals surface area contributed by atoms with Crippen molar-refractivity contribution in [2.45, 2.75) is 38.6 Å². The van der Waals surface area contributed by atoms with Crippen LogP contribution in [0.3, 0.4) is 0 Å². The highest BCUT2D eigenvalue weighted by atomic mass is 16.5. The number of nitrogens with zero attached hydrogens (tertiary/aromatic N) is 2. The Balaban J connectivity index is 1.46. The van der Waals surface area contributed by atoms with Gasteiger partial charge in [0.1, 0.15) is 17.2 Å². The predicted octanol–water partition coefficient (Wildman–Crippen LogP) is 2.67. The predicted molar refractivity (Wildman–Crippen MR) is 102 cm³/mol. The number of fused-ring (bicyclic) bond motifs is 1. The second kappa shape index (κ2) is 8.23. The molecule has 0 spiro atoms. The number of ether oxygens (including phenoxy) is 1. The van der Waals surface area contributed by atoms with E-state index in [0.29, 0.717) is 25.5 Å². The van der Waals surface area contributed by atoms with Crippen molar-refractivity contribution in [2.75, 3.05) is 32.8 Å². The van der Waals surface area contributed by atoms with Crippen molar-refractivity contribution in [3.05, 3.63) is 52.7 Å². The van der Waals surface area contributed by atoms with Gasteiger partial charge in [-0.15, -0.1) is 0 Å². The number of nitrogens with one attached hydrogen (secondary N) is 1. The van der Waals surface area contributed by atoms with Crippen molar-refractivity contribution in [3.63, 3.8) is 0 Å². The molecule has 27 heavy (non-hydrogen) atoms. The Hall–Kier alpha value is -2.18. The van der Waals surface area contributed by atoms with Crippen LogP contribution in [0.5, 0.6) is 0 Å². The summed E-state index contributed by atoms with van der Waals surface area (Å²) in [5.74, 6) is 1.64. The summed E-state index contributed by atoms with van der Waals surface area (Å²) < 4.78 is 11.3. The smallest absolute Gasteiger partial charge is 0.269 e. The summed E-state index contributed by atoms with van der Waals surface area (Å²) in [4.78, 5) is 19.6. The van der Waals surface area contributed by atoms with Crippen LogP contribution in [0.25, 0.3) is 0 Å². The molecule has 144 valence electrons. The number of carbonyl (C=O) groups is 1. The van der Waals surface area contributed by atoms with Gasteiger partial charge in [-0.25, -0.2) is 4.98 Å². The molecule has 0 radical (unpaired) electrons. The topological polar surface area (TPSA) is 67.6 Å². The van der Waals surface area contributed by atoms with E-state index in [0.717, 1.165) is 49.6 Å². The van der Waals surface area contributed by atoms with Crippen molar-refractivity contribution < 1.29 is 13.9 Å². The number of furan rings is 1. The number of aromatic nitrogens is 1. The molecule has 1 fully saturated rings. The molecule has 1 saturated heterocycles. The molecule has 2 aliphatic rings. The van der Waals surface area contributed by atoms with E-state index in [9.17, 15) is 4.79 Å². The second-order valence-electron chi connectivity index (χ2n) is 7.33. The van der Waals surface area contributed by atoms with Crippen LogP contribution in [0.4, 0.5) is 0 Å². The molecule has 2 aromatic heterocycles. The van der Waals surface area contributed by atoms with E-state index >= 15 is 0 Å². The zero-order chi connectivity index (χ0) is 18.6. The second-order valence-corrected chi connectivity index (χ2v) is 7.33. The number of carbonyl (C=O) groups excluding carboxylic acids is 1. The van der Waals surface area contributed by atoms with Crippen molar-refractivity contribution in [1.82, 2.24) is 15.2 Å². The first kappa shape index (κ1) is 18.2. The molecule has 6 heteroatoms. The molecule has 1 aliphatic carbocycles. The highest BCUT2D eigenvalue weighted by molar-refractivity contribution is 5.92. The lowest BCUT2D eigenvalue weighted by Gasteiger charge is -2.33. The van der Waals surface area contributed by atoms with Gasteiger partial charge in [-0.1, -0.05) is 6.07 Å². The van der Waals surface area contributed by atoms with Crippen molar-refractivity contribution >= 4 is 5.91 Å². The van der Waals surface area contributed by atoms with Gasteiger partial charge in [0.25, 0.3) is 5.91 Å². The molecule has 1 amide bonds. The Bertz CT molecular complexity index is 796. The largest absolute Gasteiger partial charge is 0.465 e. The highest BCUT2D eigenvalue weighted by Gasteiger charge is 2.26. The average Bonchev–Trinajstić information content (AvgIpc) is 3.14. The Labute approximate surface area is 159 Å². The number of aryl methyl sites for hydroxylation is 3. The van der Waals surface area contributed by atoms with Crippen molar-refractivity contribution in [2.24, 2.45) is 0 Å². The van der Waals surface area contributed by atoms with E-state index in [4.69, 9.17) is 9.15 Å². The van der Waals surface area contributed by atoms with Crippen LogP contribution < -0.4 is 5.32 Å². The fourth-order valence-corrected chi connectivity index (χ4v) is 3.92. The van der Waals surface area contributed by atoms with E-state index in [1.54, 1.807) is 0 Å². The minimum atomic E-state index is -0.120. The Morgan fingerprint density at radius 3 is 2.78 bits per heavy atom. The lowest BCUT2D eigenvalue weighted by Crippen LogP contribution is -2.43. The third kappa shape index (κ3) is 4.22. The van der Waals surface area contributed by atoms with Crippen LogP contribution in [-0.2, 0) is 17.6 Å². The lowest BCUT2D eigenvalue weighted by atomic mass is 9.96. The van der Waals surface area contributed by atoms with Crippen LogP contribution >= 0.6 is 0 Å². The minimum Gasteiger partial charge on any atom is -0.465 e. The molecule has 0 unspecified atom stereocenters. The molecule has 4 rings (SSSR count). The summed E-state index contributed by atoms with van der Waals surface area (Å²) in [6.45, 7) is 5.50. The summed E-state index contributed by atoms with van der Waals surface area (Å²) in [5, 5.41) is 3.07. The van der Waals surface area contributed by atoms with Gasteiger partial charge in [-0.05, 0) is 56.4 Å². The summed E-state index contributed by atoms with van der Waals surface area (Å²) in [5.41, 5.74) is 2.88. The summed E-state index contributed by atoms with van der Waals surface area (Å²) in [6, 6.07) is 7.88. The van der Waals surface area contributed by atoms with Crippen LogP contribution in [0.1, 0.15) is 52.1 Å². The third-order valence-corrected chi connectivity index (χ3v) is 5.44. The maximum atomic E-state index is 12.7. The van der Waals surface area contributed by atoms with Gasteiger partial charge in [0.15, 0.2) is 0 Å². The molecule has 3 heterocycles. The fourth-order valence-electron chi connectivity index (χ4n) is 3.92. The first-order valence-corrected chi connectivity index (χ1v) is 9.86. The van der Waals surface area contributed by atoms with Gasteiger partial charge in [0.2, 0.25) is 0 Å². The average molecular weight is 369 g/mol. The van der Waals surface area contributed by atoms with Gasteiger partial charge in [-0.2, -0.15) is 0 Å². The molecule has 6 nitrogen and oxygen atoms in total. The van der Waals surface area contributed by atoms with Gasteiger partial charge in [-0.3, -0.25) is 9.69 Å². The molecular weight excluding hydrogens is 342 g/mol. The maximum absolute atomic E-state index is 12.7. The first-order valence-electron chi connectivity index (χ1n) is 9.86. The molecular formula is C21H27N3O3. The van der Waals surface area contributed by atoms with Crippen LogP contribution in [-0.4, -0.2) is 48.6 Å². The summed E-state index contributed by atoms with van der Waals surface area (Å²) >= 11 is 0. The molecule has 0 bridgehead atoms. The zero-order valence-corrected chi connectivity index (χ0v) is 15.9.